The van der Waals surface area contributed by atoms with Crippen molar-refractivity contribution in [2.24, 2.45) is 5.73 Å². The van der Waals surface area contributed by atoms with Crippen LogP contribution in [-0.2, 0) is 57.2 Å². The number of hydrogen-bond acceptors (Lipinski definition) is 31. The number of carbonyl (C=O) groups is 6. The number of carbonyl (C=O) groups excluding carboxylic acids is 5. The van der Waals surface area contributed by atoms with E-state index in [1.165, 1.54) is 0 Å². The molecule has 6 heterocycles. The summed E-state index contributed by atoms with van der Waals surface area (Å²) in [4.78, 5) is 77.5. The third-order valence-electron chi connectivity index (χ3n) is 14.4. The highest BCUT2D eigenvalue weighted by Gasteiger charge is 2.54. The van der Waals surface area contributed by atoms with Gasteiger partial charge in [0.2, 0.25) is 0 Å². The van der Waals surface area contributed by atoms with Crippen LogP contribution < -0.4 is 32.3 Å². The van der Waals surface area contributed by atoms with Crippen LogP contribution in [0.4, 0.5) is 0 Å². The van der Waals surface area contributed by atoms with Gasteiger partial charge < -0.3 is 158 Å². The summed E-state index contributed by atoms with van der Waals surface area (Å²) in [7, 11) is 0. The van der Waals surface area contributed by atoms with Gasteiger partial charge in [0.15, 0.2) is 36.6 Å². The second-order valence-corrected chi connectivity index (χ2v) is 19.7. The first-order chi connectivity index (χ1) is 37.0. The highest BCUT2D eigenvalue weighted by Crippen LogP contribution is 2.28. The number of carboxylic acid groups (broad SMARTS) is 1. The molecule has 37 heteroatoms. The minimum absolute atomic E-state index is 0.366. The quantitative estimate of drug-likeness (QED) is 0.0643. The van der Waals surface area contributed by atoms with Crippen LogP contribution >= 0.6 is 0 Å². The number of amides is 5. The van der Waals surface area contributed by atoms with Crippen molar-refractivity contribution in [3.63, 3.8) is 0 Å². The molecule has 6 fully saturated rings. The zero-order valence-electron chi connectivity index (χ0n) is 41.0. The average molecular weight is 1150 g/mol. The summed E-state index contributed by atoms with van der Waals surface area (Å²) in [5.41, 5.74) is 5.49. The van der Waals surface area contributed by atoms with Gasteiger partial charge in [-0.15, -0.1) is 0 Å². The molecule has 30 atom stereocenters. The fraction of sp³-hybridized carbons (Fsp3) is 0.857. The molecule has 37 nitrogen and oxygen atoms in total. The molecule has 6 aliphatic rings. The van der Waals surface area contributed by atoms with E-state index < -0.39 is 251 Å². The van der Waals surface area contributed by atoms with Crippen molar-refractivity contribution in [3.05, 3.63) is 0 Å². The zero-order valence-corrected chi connectivity index (χ0v) is 41.0. The van der Waals surface area contributed by atoms with Gasteiger partial charge in [-0.25, -0.2) is 4.79 Å². The van der Waals surface area contributed by atoms with E-state index in [0.29, 0.717) is 0 Å². The highest BCUT2D eigenvalue weighted by molar-refractivity contribution is 5.84. The van der Waals surface area contributed by atoms with E-state index in [0.717, 1.165) is 0 Å². The number of nitrogens with two attached hydrogens (primary N) is 1. The molecule has 0 aromatic rings. The number of rotatable bonds is 17. The summed E-state index contributed by atoms with van der Waals surface area (Å²) in [6.07, 6.45) is -58.7. The van der Waals surface area contributed by atoms with E-state index in [1.54, 1.807) is 0 Å². The van der Waals surface area contributed by atoms with Crippen molar-refractivity contribution in [1.29, 1.82) is 0 Å². The maximum Gasteiger partial charge on any atom is 0.335 e. The van der Waals surface area contributed by atoms with Gasteiger partial charge in [0.1, 0.15) is 140 Å². The molecule has 0 saturated carbocycles. The Morgan fingerprint density at radius 3 is 0.620 bits per heavy atom. The van der Waals surface area contributed by atoms with Crippen LogP contribution in [0.15, 0.2) is 0 Å². The molecule has 0 radical (unpaired) electrons. The highest BCUT2D eigenvalue weighted by atomic mass is 16.6. The molecule has 0 aromatic carbocycles. The number of nitrogens with one attached hydrogen (secondary N) is 5. The molecular weight excluding hydrogens is 1080 g/mol. The molecule has 5 amide bonds. The molecule has 0 unspecified atom stereocenters. The SMILES string of the molecule is NC[C@H]1O[C@@H](C(=O)NC[C@H]2O[C@@H](C(=O)NC[C@H]3O[C@@H](C(=O)NC[C@H]4O[C@@H](C(=O)NC[C@H]5O[C@@H](C(=O)NC[C@H]6O[C@@H](C(=O)O)[C@H](O)[C@@H](O)[C@@H]6O)[C@H](O)[C@@H](O)[C@@H]5O)[C@H](O)[C@@H](O)[C@@H]4O)[C@H](O)[C@@H](O)[C@@H]3O)[C@H](O)[C@@H](O)[C@@H]2O)[C@H](O)[C@@H](O)[C@@H]1O. The molecule has 0 bridgehead atoms. The lowest BCUT2D eigenvalue weighted by Gasteiger charge is -2.42. The zero-order chi connectivity index (χ0) is 58.8. The van der Waals surface area contributed by atoms with E-state index in [9.17, 15) is 126 Å². The maximum absolute atomic E-state index is 13.4. The molecule has 452 valence electrons. The Labute approximate surface area is 443 Å². The standard InChI is InChI=1S/C42H68N6O31/c43-1-7-13(49)19(55)25(61)31(74-7)37(67)44-2-8-14(50)20(56)26(62)32(75-8)38(68)45-3-9-15(51)21(57)27(63)33(76-9)39(69)46-4-10-16(52)22(58)28(64)34(77-10)40(70)47-5-11-17(53)23(59)29(65)35(78-11)41(71)48-6-12-18(54)24(60)30(66)36(79-12)42(72)73/h7-36,49-66H,1-6,43H2,(H,44,67)(H,45,68)(H,46,69)(H,47,70)(H,48,71)(H,72,73)/t7-,8-,9-,10-,11-,12-,13-,14-,15-,16-,17-,18-,19+,20+,21+,22+,23+,24+,25-,26-,27-,28-,29-,30-,31-,32-,33-,34-,35-,36-/m1/s1. The molecule has 0 aliphatic carbocycles. The van der Waals surface area contributed by atoms with Gasteiger partial charge in [-0.3, -0.25) is 24.0 Å². The van der Waals surface area contributed by atoms with E-state index >= 15 is 0 Å². The average Bonchev–Trinajstić information content (AvgIpc) is 3.43. The number of carboxylic acids is 1. The van der Waals surface area contributed by atoms with Crippen LogP contribution in [0.1, 0.15) is 0 Å². The van der Waals surface area contributed by atoms with Crippen molar-refractivity contribution in [3.8, 4) is 0 Å². The van der Waals surface area contributed by atoms with Gasteiger partial charge in [0, 0.05) is 39.3 Å². The van der Waals surface area contributed by atoms with E-state index in [1.807, 2.05) is 0 Å². The molecule has 0 spiro atoms. The van der Waals surface area contributed by atoms with Crippen molar-refractivity contribution in [1.82, 2.24) is 26.6 Å². The Morgan fingerprint density at radius 2 is 0.430 bits per heavy atom. The predicted octanol–water partition coefficient (Wildman–Crippen LogP) is -18.3. The van der Waals surface area contributed by atoms with Crippen LogP contribution in [0, 0.1) is 0 Å². The van der Waals surface area contributed by atoms with Crippen molar-refractivity contribution < 1.29 is 154 Å². The van der Waals surface area contributed by atoms with Crippen molar-refractivity contribution in [2.45, 2.75) is 183 Å². The Balaban J connectivity index is 1.00. The maximum atomic E-state index is 13.4. The Hall–Kier alpha value is -4.18. The lowest BCUT2D eigenvalue weighted by atomic mass is 9.92. The number of aliphatic hydroxyl groups excluding tert-OH is 18. The number of aliphatic carboxylic acids is 1. The van der Waals surface area contributed by atoms with Gasteiger partial charge >= 0.3 is 5.97 Å². The minimum Gasteiger partial charge on any atom is -0.479 e. The molecule has 6 saturated heterocycles. The molecular formula is C42H68N6O31. The number of aliphatic hydroxyl groups is 18. The fourth-order valence-electron chi connectivity index (χ4n) is 9.54. The third-order valence-corrected chi connectivity index (χ3v) is 14.4. The van der Waals surface area contributed by atoms with Crippen molar-refractivity contribution >= 4 is 35.5 Å². The monoisotopic (exact) mass is 1150 g/mol. The van der Waals surface area contributed by atoms with Crippen LogP contribution in [0.25, 0.3) is 0 Å². The molecule has 79 heavy (non-hydrogen) atoms. The summed E-state index contributed by atoms with van der Waals surface area (Å²) in [5, 5.41) is 208. The van der Waals surface area contributed by atoms with Gasteiger partial charge in [-0.2, -0.15) is 0 Å². The first kappa shape index (κ1) is 64.0. The van der Waals surface area contributed by atoms with Crippen molar-refractivity contribution in [2.75, 3.05) is 39.3 Å². The summed E-state index contributed by atoms with van der Waals surface area (Å²) in [6.45, 7) is -4.35. The smallest absolute Gasteiger partial charge is 0.335 e. The molecule has 6 rings (SSSR count). The first-order valence-electron chi connectivity index (χ1n) is 24.5. The van der Waals surface area contributed by atoms with Crippen LogP contribution in [-0.4, -0.2) is 355 Å². The Bertz CT molecular complexity index is 2120. The topological polar surface area (TPSA) is 628 Å². The minimum atomic E-state index is -2.20. The third kappa shape index (κ3) is 13.7. The van der Waals surface area contributed by atoms with Crippen LogP contribution in [0.5, 0.6) is 0 Å². The lowest BCUT2D eigenvalue weighted by Crippen LogP contribution is -2.67. The molecule has 0 aromatic heterocycles. The fourth-order valence-corrected chi connectivity index (χ4v) is 9.54. The van der Waals surface area contributed by atoms with Gasteiger partial charge in [0.05, 0.1) is 6.10 Å². The van der Waals surface area contributed by atoms with E-state index in [2.05, 4.69) is 26.6 Å². The summed E-state index contributed by atoms with van der Waals surface area (Å²) in [5.74, 6) is -7.94. The number of ether oxygens (including phenoxy) is 6. The van der Waals surface area contributed by atoms with Gasteiger partial charge in [-0.05, 0) is 0 Å². The van der Waals surface area contributed by atoms with Crippen LogP contribution in [0.3, 0.4) is 0 Å². The first-order valence-corrected chi connectivity index (χ1v) is 24.5. The van der Waals surface area contributed by atoms with Crippen LogP contribution in [0.2, 0.25) is 0 Å². The van der Waals surface area contributed by atoms with Gasteiger partial charge in [-0.1, -0.05) is 0 Å². The second kappa shape index (κ2) is 26.8. The number of hydrogen-bond donors (Lipinski definition) is 25. The van der Waals surface area contributed by atoms with E-state index in [-0.39, 0.29) is 6.54 Å². The van der Waals surface area contributed by atoms with E-state index in [4.69, 9.17) is 34.2 Å². The summed E-state index contributed by atoms with van der Waals surface area (Å²) in [6, 6.07) is 0. The Kier molecular flexibility index (Phi) is 21.7. The lowest BCUT2D eigenvalue weighted by molar-refractivity contribution is -0.229. The second-order valence-electron chi connectivity index (χ2n) is 19.7. The summed E-state index contributed by atoms with van der Waals surface area (Å²) >= 11 is 0. The van der Waals surface area contributed by atoms with Gasteiger partial charge in [0.25, 0.3) is 29.5 Å². The summed E-state index contributed by atoms with van der Waals surface area (Å²) < 4.78 is 32.2. The normalized spacial score (nSPS) is 46.5. The molecule has 6 aliphatic heterocycles. The Morgan fingerprint density at radius 1 is 0.266 bits per heavy atom. The predicted molar refractivity (Wildman–Crippen MR) is 242 cm³/mol. The molecule has 26 N–H and O–H groups in total. The largest absolute Gasteiger partial charge is 0.479 e.